The van der Waals surface area contributed by atoms with E-state index in [0.717, 1.165) is 10.3 Å². The number of nitrogens with zero attached hydrogens (tertiary/aromatic N) is 5. The molecule has 0 N–H and O–H groups in total. The molecule has 11 heteroatoms. The minimum Gasteiger partial charge on any atom is -0.465 e. The average Bonchev–Trinajstić information content (AvgIpc) is 3.67. The summed E-state index contributed by atoms with van der Waals surface area (Å²) in [5, 5.41) is 9.76. The van der Waals surface area contributed by atoms with Crippen LogP contribution in [-0.2, 0) is 22.5 Å². The van der Waals surface area contributed by atoms with Crippen LogP contribution in [-0.4, -0.2) is 50.6 Å². The standard InChI is InChI=1S/C30H28FN5O4S/c1-5-20-16-22(27(38)21-12-8-9-13-23(21)31)29(41-20)36-18(3)32-33-30(36)34(4)28(39)25-15-19-11-7-10-14-24(19)35(25)17-26(37)40-6-2/h7-16H,5-6,17H2,1-4H3. The summed E-state index contributed by atoms with van der Waals surface area (Å²) in [6, 6.07) is 16.7. The van der Waals surface area contributed by atoms with Crippen LogP contribution in [0, 0.1) is 12.7 Å². The van der Waals surface area contributed by atoms with Gasteiger partial charge in [0.2, 0.25) is 5.95 Å². The van der Waals surface area contributed by atoms with Gasteiger partial charge < -0.3 is 9.30 Å². The zero-order valence-electron chi connectivity index (χ0n) is 23.1. The number of carbonyl (C=O) groups is 3. The number of ketones is 1. The highest BCUT2D eigenvalue weighted by molar-refractivity contribution is 7.15. The van der Waals surface area contributed by atoms with Crippen LogP contribution in [0.1, 0.15) is 51.0 Å². The van der Waals surface area contributed by atoms with Crippen LogP contribution in [0.25, 0.3) is 15.9 Å². The van der Waals surface area contributed by atoms with Crippen molar-refractivity contribution in [2.24, 2.45) is 0 Å². The molecule has 0 aliphatic rings. The zero-order valence-corrected chi connectivity index (χ0v) is 23.9. The van der Waals surface area contributed by atoms with Crippen LogP contribution in [0.4, 0.5) is 10.3 Å². The summed E-state index contributed by atoms with van der Waals surface area (Å²) < 4.78 is 23.0. The minimum absolute atomic E-state index is 0.0469. The van der Waals surface area contributed by atoms with Crippen molar-refractivity contribution in [1.82, 2.24) is 19.3 Å². The van der Waals surface area contributed by atoms with Gasteiger partial charge in [0.15, 0.2) is 5.78 Å². The minimum atomic E-state index is -0.616. The van der Waals surface area contributed by atoms with Gasteiger partial charge in [-0.2, -0.15) is 0 Å². The number of hydrogen-bond donors (Lipinski definition) is 0. The molecular weight excluding hydrogens is 545 g/mol. The van der Waals surface area contributed by atoms with Gasteiger partial charge in [0.1, 0.15) is 28.9 Å². The Balaban J connectivity index is 1.59. The number of halogens is 1. The first-order chi connectivity index (χ1) is 19.7. The summed E-state index contributed by atoms with van der Waals surface area (Å²) in [5.41, 5.74) is 1.21. The van der Waals surface area contributed by atoms with Gasteiger partial charge >= 0.3 is 5.97 Å². The molecule has 5 aromatic rings. The lowest BCUT2D eigenvalue weighted by molar-refractivity contribution is -0.143. The second-order valence-corrected chi connectivity index (χ2v) is 10.4. The third kappa shape index (κ3) is 5.16. The number of thiophene rings is 1. The van der Waals surface area contributed by atoms with Gasteiger partial charge in [-0.25, -0.2) is 4.39 Å². The molecule has 0 bridgehead atoms. The number of hydrogen-bond acceptors (Lipinski definition) is 7. The van der Waals surface area contributed by atoms with Gasteiger partial charge in [0.05, 0.1) is 17.7 Å². The average molecular weight is 574 g/mol. The summed E-state index contributed by atoms with van der Waals surface area (Å²) in [6.07, 6.45) is 0.654. The van der Waals surface area contributed by atoms with Crippen molar-refractivity contribution in [3.8, 4) is 5.00 Å². The zero-order chi connectivity index (χ0) is 29.3. The lowest BCUT2D eigenvalue weighted by atomic mass is 10.0. The second kappa shape index (κ2) is 11.5. The molecule has 9 nitrogen and oxygen atoms in total. The topological polar surface area (TPSA) is 99.3 Å². The van der Waals surface area contributed by atoms with E-state index in [1.54, 1.807) is 48.2 Å². The van der Waals surface area contributed by atoms with E-state index in [9.17, 15) is 18.8 Å². The van der Waals surface area contributed by atoms with E-state index in [0.29, 0.717) is 28.3 Å². The van der Waals surface area contributed by atoms with Crippen LogP contribution in [0.2, 0.25) is 0 Å². The molecule has 1 amide bonds. The maximum Gasteiger partial charge on any atom is 0.325 e. The lowest BCUT2D eigenvalue weighted by Gasteiger charge is -2.19. The highest BCUT2D eigenvalue weighted by Gasteiger charge is 2.29. The maximum absolute atomic E-state index is 14.6. The molecule has 210 valence electrons. The summed E-state index contributed by atoms with van der Waals surface area (Å²) in [6.45, 7) is 5.48. The monoisotopic (exact) mass is 573 g/mol. The number of para-hydroxylation sites is 1. The molecule has 0 fully saturated rings. The number of ether oxygens (including phenoxy) is 1. The number of carbonyl (C=O) groups excluding carboxylic acids is 3. The fraction of sp³-hybridized carbons (Fsp3) is 0.233. The summed E-state index contributed by atoms with van der Waals surface area (Å²) in [7, 11) is 1.56. The highest BCUT2D eigenvalue weighted by Crippen LogP contribution is 2.33. The fourth-order valence-corrected chi connectivity index (χ4v) is 5.82. The molecule has 41 heavy (non-hydrogen) atoms. The van der Waals surface area contributed by atoms with Gasteiger partial charge in [-0.05, 0) is 50.6 Å². The molecule has 3 heterocycles. The molecule has 5 rings (SSSR count). The van der Waals surface area contributed by atoms with Crippen molar-refractivity contribution < 1.29 is 23.5 Å². The van der Waals surface area contributed by atoms with Crippen molar-refractivity contribution in [2.45, 2.75) is 33.7 Å². The van der Waals surface area contributed by atoms with Crippen molar-refractivity contribution in [2.75, 3.05) is 18.6 Å². The predicted octanol–water partition coefficient (Wildman–Crippen LogP) is 5.36. The Morgan fingerprint density at radius 1 is 1.00 bits per heavy atom. The van der Waals surface area contributed by atoms with Gasteiger partial charge in [0, 0.05) is 22.8 Å². The predicted molar refractivity (Wildman–Crippen MR) is 154 cm³/mol. The highest BCUT2D eigenvalue weighted by atomic mass is 32.1. The number of amides is 1. The van der Waals surface area contributed by atoms with E-state index in [2.05, 4.69) is 10.2 Å². The van der Waals surface area contributed by atoms with Crippen molar-refractivity contribution in [1.29, 1.82) is 0 Å². The van der Waals surface area contributed by atoms with Crippen LogP contribution in [0.15, 0.2) is 60.7 Å². The fourth-order valence-electron chi connectivity index (χ4n) is 4.69. The van der Waals surface area contributed by atoms with E-state index < -0.39 is 23.5 Å². The van der Waals surface area contributed by atoms with Gasteiger partial charge in [-0.3, -0.25) is 23.9 Å². The van der Waals surface area contributed by atoms with Crippen LogP contribution >= 0.6 is 11.3 Å². The van der Waals surface area contributed by atoms with Gasteiger partial charge in [-0.15, -0.1) is 21.5 Å². The van der Waals surface area contributed by atoms with Gasteiger partial charge in [0.25, 0.3) is 5.91 Å². The normalized spacial score (nSPS) is 11.1. The Hall–Kier alpha value is -4.64. The Morgan fingerprint density at radius 2 is 1.73 bits per heavy atom. The first-order valence-corrected chi connectivity index (χ1v) is 13.9. The quantitative estimate of drug-likeness (QED) is 0.174. The number of anilines is 1. The first-order valence-electron chi connectivity index (χ1n) is 13.1. The summed E-state index contributed by atoms with van der Waals surface area (Å²) in [5.74, 6) is -1.38. The number of rotatable bonds is 9. The Labute approximate surface area is 239 Å². The van der Waals surface area contributed by atoms with E-state index in [1.165, 1.54) is 34.4 Å². The smallest absolute Gasteiger partial charge is 0.325 e. The molecular formula is C30H28FN5O4S. The van der Waals surface area contributed by atoms with Crippen LogP contribution in [0.3, 0.4) is 0 Å². The summed E-state index contributed by atoms with van der Waals surface area (Å²) >= 11 is 1.36. The molecule has 0 aliphatic carbocycles. The number of esters is 1. The third-order valence-corrected chi connectivity index (χ3v) is 7.98. The second-order valence-electron chi connectivity index (χ2n) is 9.32. The van der Waals surface area contributed by atoms with Crippen molar-refractivity contribution in [3.63, 3.8) is 0 Å². The Morgan fingerprint density at radius 3 is 2.46 bits per heavy atom. The van der Waals surface area contributed by atoms with Crippen LogP contribution in [0.5, 0.6) is 0 Å². The number of aromatic nitrogens is 4. The molecule has 0 spiro atoms. The molecule has 0 saturated heterocycles. The largest absolute Gasteiger partial charge is 0.465 e. The lowest BCUT2D eigenvalue weighted by Crippen LogP contribution is -2.31. The van der Waals surface area contributed by atoms with E-state index in [1.807, 2.05) is 31.2 Å². The number of benzene rings is 2. The molecule has 0 atom stereocenters. The summed E-state index contributed by atoms with van der Waals surface area (Å²) in [4.78, 5) is 42.2. The van der Waals surface area contributed by atoms with E-state index in [-0.39, 0.29) is 30.4 Å². The molecule has 0 aliphatic heterocycles. The maximum atomic E-state index is 14.6. The molecule has 3 aromatic heterocycles. The van der Waals surface area contributed by atoms with E-state index in [4.69, 9.17) is 4.74 Å². The van der Waals surface area contributed by atoms with Gasteiger partial charge in [-0.1, -0.05) is 37.3 Å². The van der Waals surface area contributed by atoms with Crippen molar-refractivity contribution >= 4 is 45.8 Å². The van der Waals surface area contributed by atoms with Crippen LogP contribution < -0.4 is 4.90 Å². The third-order valence-electron chi connectivity index (χ3n) is 6.71. The van der Waals surface area contributed by atoms with Crippen molar-refractivity contribution in [3.05, 3.63) is 94.0 Å². The molecule has 2 aromatic carbocycles. The molecule has 0 radical (unpaired) electrons. The molecule has 0 unspecified atom stereocenters. The number of aryl methyl sites for hydroxylation is 2. The first kappa shape index (κ1) is 27.9. The number of fused-ring (bicyclic) bond motifs is 1. The molecule has 0 saturated carbocycles. The Bertz CT molecular complexity index is 1790. The van der Waals surface area contributed by atoms with E-state index >= 15 is 0 Å². The SMILES string of the molecule is CCOC(=O)Cn1c(C(=O)N(C)c2nnc(C)n2-c2sc(CC)cc2C(=O)c2ccccc2F)cc2ccccc21. The Kier molecular flexibility index (Phi) is 7.80.